The first kappa shape index (κ1) is 28.7. The van der Waals surface area contributed by atoms with E-state index in [0.717, 1.165) is 34.5 Å². The summed E-state index contributed by atoms with van der Waals surface area (Å²) in [6.45, 7) is 9.67. The van der Waals surface area contributed by atoms with Gasteiger partial charge in [-0.05, 0) is 49.3 Å². The van der Waals surface area contributed by atoms with Gasteiger partial charge in [0.2, 0.25) is 17.7 Å². The summed E-state index contributed by atoms with van der Waals surface area (Å²) in [5, 5.41) is 16.0. The Bertz CT molecular complexity index is 1130. The third kappa shape index (κ3) is 7.83. The van der Waals surface area contributed by atoms with E-state index in [0.29, 0.717) is 5.69 Å². The number of aromatic nitrogens is 1. The van der Waals surface area contributed by atoms with Crippen molar-refractivity contribution in [1.82, 2.24) is 15.2 Å². The van der Waals surface area contributed by atoms with Gasteiger partial charge in [0.1, 0.15) is 6.04 Å². The molecule has 5 N–H and O–H groups in total. The Labute approximate surface area is 222 Å². The van der Waals surface area contributed by atoms with E-state index in [4.69, 9.17) is 5.73 Å². The number of hydrogen-bond acceptors (Lipinski definition) is 7. The Morgan fingerprint density at radius 3 is 2.68 bits per heavy atom. The molecule has 3 amide bonds. The van der Waals surface area contributed by atoms with Gasteiger partial charge in [-0.3, -0.25) is 14.4 Å². The van der Waals surface area contributed by atoms with Crippen LogP contribution in [0.2, 0.25) is 0 Å². The fraction of sp³-hybridized carbons (Fsp3) is 0.556. The zero-order valence-corrected chi connectivity index (χ0v) is 23.2. The summed E-state index contributed by atoms with van der Waals surface area (Å²) in [4.78, 5) is 45.0. The quantitative estimate of drug-likeness (QED) is 0.373. The number of thiazole rings is 1. The predicted molar refractivity (Wildman–Crippen MR) is 146 cm³/mol. The van der Waals surface area contributed by atoms with Gasteiger partial charge in [0.25, 0.3) is 0 Å². The molecule has 0 aliphatic carbocycles. The number of nitrogens with one attached hydrogen (secondary N) is 2. The molecule has 1 aliphatic rings. The molecule has 10 heteroatoms. The van der Waals surface area contributed by atoms with Crippen LogP contribution in [-0.2, 0) is 20.9 Å². The van der Waals surface area contributed by atoms with Gasteiger partial charge in [0.05, 0.1) is 22.2 Å². The number of aliphatic hydroxyl groups is 1. The molecular formula is C27H39N5O4S. The minimum absolute atomic E-state index is 0.0592. The van der Waals surface area contributed by atoms with Crippen LogP contribution in [0.25, 0.3) is 10.4 Å². The Kier molecular flexibility index (Phi) is 9.44. The summed E-state index contributed by atoms with van der Waals surface area (Å²) >= 11 is 1.52. The molecule has 0 radical (unpaired) electrons. The van der Waals surface area contributed by atoms with Gasteiger partial charge in [0.15, 0.2) is 0 Å². The minimum atomic E-state index is -0.747. The van der Waals surface area contributed by atoms with Crippen LogP contribution in [0.4, 0.5) is 5.69 Å². The molecule has 1 unspecified atom stereocenters. The van der Waals surface area contributed by atoms with Crippen molar-refractivity contribution >= 4 is 34.7 Å². The Balaban J connectivity index is 1.70. The van der Waals surface area contributed by atoms with Crippen molar-refractivity contribution in [1.29, 1.82) is 0 Å². The van der Waals surface area contributed by atoms with E-state index in [2.05, 4.69) is 15.6 Å². The lowest BCUT2D eigenvalue weighted by molar-refractivity contribution is -0.140. The number of hydrogen-bond donors (Lipinski definition) is 4. The van der Waals surface area contributed by atoms with E-state index in [9.17, 15) is 19.5 Å². The molecule has 1 fully saturated rings. The second kappa shape index (κ2) is 12.1. The molecule has 9 nitrogen and oxygen atoms in total. The van der Waals surface area contributed by atoms with Gasteiger partial charge >= 0.3 is 0 Å². The number of carbonyl (C=O) groups excluding carboxylic acids is 3. The number of nitrogens with two attached hydrogens (primary N) is 1. The third-order valence-electron chi connectivity index (χ3n) is 6.69. The average Bonchev–Trinajstić information content (AvgIpc) is 3.41. The monoisotopic (exact) mass is 529 g/mol. The first-order valence-corrected chi connectivity index (χ1v) is 13.6. The van der Waals surface area contributed by atoms with Crippen LogP contribution < -0.4 is 16.4 Å². The maximum absolute atomic E-state index is 13.2. The van der Waals surface area contributed by atoms with Crippen LogP contribution in [-0.4, -0.2) is 57.4 Å². The SMILES string of the molecule is CC(=O)Nc1cc(-c2scnc2C)ccc1CNC(=O)[C@@H]1C[C@@H](O)CN1C(=O)CC(C)(C)CCC(C)N. The summed E-state index contributed by atoms with van der Waals surface area (Å²) in [6.07, 6.45) is 1.34. The summed E-state index contributed by atoms with van der Waals surface area (Å²) in [5.74, 6) is -0.683. The molecule has 202 valence electrons. The molecule has 2 aromatic rings. The molecule has 1 aliphatic heterocycles. The molecule has 0 spiro atoms. The van der Waals surface area contributed by atoms with E-state index in [-0.39, 0.29) is 55.1 Å². The molecule has 37 heavy (non-hydrogen) atoms. The summed E-state index contributed by atoms with van der Waals surface area (Å²) < 4.78 is 0. The van der Waals surface area contributed by atoms with Gasteiger partial charge in [-0.2, -0.15) is 0 Å². The number of carbonyl (C=O) groups is 3. The Morgan fingerprint density at radius 1 is 1.32 bits per heavy atom. The highest BCUT2D eigenvalue weighted by atomic mass is 32.1. The maximum Gasteiger partial charge on any atom is 0.243 e. The number of nitrogens with zero attached hydrogens (tertiary/aromatic N) is 2. The summed E-state index contributed by atoms with van der Waals surface area (Å²) in [5.41, 5.74) is 10.6. The molecule has 0 bridgehead atoms. The molecule has 3 rings (SSSR count). The zero-order chi connectivity index (χ0) is 27.3. The lowest BCUT2D eigenvalue weighted by atomic mass is 9.83. The zero-order valence-electron chi connectivity index (χ0n) is 22.3. The molecule has 1 aromatic carbocycles. The number of benzene rings is 1. The van der Waals surface area contributed by atoms with Crippen molar-refractivity contribution in [2.75, 3.05) is 11.9 Å². The largest absolute Gasteiger partial charge is 0.391 e. The van der Waals surface area contributed by atoms with Crippen LogP contribution in [0.1, 0.15) is 64.6 Å². The third-order valence-corrected chi connectivity index (χ3v) is 7.67. The molecule has 1 saturated heterocycles. The fourth-order valence-electron chi connectivity index (χ4n) is 4.61. The minimum Gasteiger partial charge on any atom is -0.391 e. The first-order chi connectivity index (χ1) is 17.4. The number of likely N-dealkylation sites (tertiary alicyclic amines) is 1. The lowest BCUT2D eigenvalue weighted by Crippen LogP contribution is -2.46. The first-order valence-electron chi connectivity index (χ1n) is 12.7. The molecular weight excluding hydrogens is 490 g/mol. The van der Waals surface area contributed by atoms with E-state index in [1.807, 2.05) is 45.9 Å². The topological polar surface area (TPSA) is 138 Å². The second-order valence-corrected chi connectivity index (χ2v) is 11.7. The Hall–Kier alpha value is -2.82. The molecule has 3 atom stereocenters. The highest BCUT2D eigenvalue weighted by molar-refractivity contribution is 7.13. The number of rotatable bonds is 10. The van der Waals surface area contributed by atoms with Crippen LogP contribution in [0.15, 0.2) is 23.7 Å². The van der Waals surface area contributed by atoms with Crippen LogP contribution in [0.5, 0.6) is 0 Å². The van der Waals surface area contributed by atoms with Crippen molar-refractivity contribution in [3.8, 4) is 10.4 Å². The smallest absolute Gasteiger partial charge is 0.243 e. The highest BCUT2D eigenvalue weighted by Crippen LogP contribution is 2.32. The Morgan fingerprint density at radius 2 is 2.05 bits per heavy atom. The van der Waals surface area contributed by atoms with Crippen molar-refractivity contribution in [3.05, 3.63) is 35.0 Å². The van der Waals surface area contributed by atoms with E-state index < -0.39 is 12.1 Å². The van der Waals surface area contributed by atoms with Crippen molar-refractivity contribution in [3.63, 3.8) is 0 Å². The van der Waals surface area contributed by atoms with E-state index in [1.165, 1.54) is 23.2 Å². The van der Waals surface area contributed by atoms with Gasteiger partial charge in [-0.15, -0.1) is 11.3 Å². The highest BCUT2D eigenvalue weighted by Gasteiger charge is 2.40. The normalized spacial score (nSPS) is 18.5. The van der Waals surface area contributed by atoms with Crippen LogP contribution in [0, 0.1) is 12.3 Å². The molecule has 2 heterocycles. The number of amides is 3. The predicted octanol–water partition coefficient (Wildman–Crippen LogP) is 3.20. The second-order valence-electron chi connectivity index (χ2n) is 10.8. The molecule has 1 aromatic heterocycles. The van der Waals surface area contributed by atoms with Crippen LogP contribution >= 0.6 is 11.3 Å². The molecule has 0 saturated carbocycles. The van der Waals surface area contributed by atoms with Crippen molar-refractivity contribution in [2.24, 2.45) is 11.1 Å². The number of anilines is 1. The average molecular weight is 530 g/mol. The lowest BCUT2D eigenvalue weighted by Gasteiger charge is -2.30. The van der Waals surface area contributed by atoms with Crippen LogP contribution in [0.3, 0.4) is 0 Å². The number of β-amino-alcohol motifs (C(OH)–C–C–N with tert-alkyl or cyclic N) is 1. The van der Waals surface area contributed by atoms with Gasteiger partial charge in [0, 0.05) is 44.6 Å². The summed E-state index contributed by atoms with van der Waals surface area (Å²) in [7, 11) is 0. The van der Waals surface area contributed by atoms with Crippen molar-refractivity contribution < 1.29 is 19.5 Å². The fourth-order valence-corrected chi connectivity index (χ4v) is 5.42. The van der Waals surface area contributed by atoms with Crippen molar-refractivity contribution in [2.45, 2.75) is 85.0 Å². The van der Waals surface area contributed by atoms with Gasteiger partial charge in [-0.1, -0.05) is 26.0 Å². The maximum atomic E-state index is 13.2. The standard InChI is InChI=1S/C27H39N5O4S/c1-16(28)8-9-27(4,5)12-24(35)32-14-21(34)11-23(32)26(36)29-13-20-7-6-19(10-22(20)31-18(3)33)25-17(2)30-15-37-25/h6-7,10,15-16,21,23,34H,8-9,11-14,28H2,1-5H3,(H,29,36)(H,31,33)/t16?,21-,23+/m1/s1. The number of aryl methyl sites for hydroxylation is 1. The van der Waals surface area contributed by atoms with Gasteiger partial charge in [-0.25, -0.2) is 4.98 Å². The number of aliphatic hydroxyl groups excluding tert-OH is 1. The van der Waals surface area contributed by atoms with E-state index in [1.54, 1.807) is 5.51 Å². The summed E-state index contributed by atoms with van der Waals surface area (Å²) in [6, 6.07) is 5.00. The van der Waals surface area contributed by atoms with E-state index >= 15 is 0 Å². The van der Waals surface area contributed by atoms with Gasteiger partial charge < -0.3 is 26.4 Å².